The van der Waals surface area contributed by atoms with Crippen LogP contribution in [0.1, 0.15) is 0 Å². The van der Waals surface area contributed by atoms with E-state index < -0.39 is 16.6 Å². The van der Waals surface area contributed by atoms with Gasteiger partial charge >= 0.3 is 0 Å². The van der Waals surface area contributed by atoms with Gasteiger partial charge in [0, 0.05) is 9.86 Å². The second-order valence-electron chi connectivity index (χ2n) is 3.79. The summed E-state index contributed by atoms with van der Waals surface area (Å²) in [5.74, 6) is -0.308. The largest absolute Gasteiger partial charge is 0.395 e. The Morgan fingerprint density at radius 1 is 1.11 bits per heavy atom. The Hall–Kier alpha value is -1.11. The number of hydrogen-bond donors (Lipinski definition) is 2. The third kappa shape index (κ3) is 2.82. The van der Waals surface area contributed by atoms with E-state index in [2.05, 4.69) is 20.7 Å². The van der Waals surface area contributed by atoms with Crippen molar-refractivity contribution in [2.24, 2.45) is 0 Å². The van der Waals surface area contributed by atoms with Gasteiger partial charge in [0.05, 0.1) is 18.0 Å². The molecule has 0 aliphatic rings. The molecular weight excluding hydrogens is 318 g/mol. The summed E-state index contributed by atoms with van der Waals surface area (Å²) in [6.07, 6.45) is 0. The molecule has 18 heavy (non-hydrogen) atoms. The number of aliphatic hydroxyl groups is 1. The Morgan fingerprint density at radius 2 is 1.78 bits per heavy atom. The molecule has 2 aromatic rings. The van der Waals surface area contributed by atoms with Crippen molar-refractivity contribution < 1.29 is 13.5 Å². The van der Waals surface area contributed by atoms with Gasteiger partial charge in [0.2, 0.25) is 10.0 Å². The Balaban J connectivity index is 2.50. The molecule has 0 spiro atoms. The van der Waals surface area contributed by atoms with E-state index in [0.717, 1.165) is 15.2 Å². The first-order chi connectivity index (χ1) is 8.53. The van der Waals surface area contributed by atoms with Crippen LogP contribution in [0, 0.1) is 0 Å². The lowest BCUT2D eigenvalue weighted by atomic mass is 10.1. The first-order valence-electron chi connectivity index (χ1n) is 5.32. The van der Waals surface area contributed by atoms with Crippen LogP contribution in [0.4, 0.5) is 5.69 Å². The van der Waals surface area contributed by atoms with Crippen LogP contribution in [0.3, 0.4) is 0 Å². The highest BCUT2D eigenvalue weighted by Gasteiger charge is 2.12. The summed E-state index contributed by atoms with van der Waals surface area (Å²) in [6, 6.07) is 11.0. The van der Waals surface area contributed by atoms with E-state index in [1.807, 2.05) is 24.3 Å². The van der Waals surface area contributed by atoms with Gasteiger partial charge in [0.1, 0.15) is 0 Å². The number of fused-ring (bicyclic) bond motifs is 1. The Bertz CT molecular complexity index is 670. The minimum Gasteiger partial charge on any atom is -0.395 e. The molecule has 0 aliphatic heterocycles. The molecule has 0 fully saturated rings. The summed E-state index contributed by atoms with van der Waals surface area (Å²) in [5.41, 5.74) is 0.516. The average molecular weight is 330 g/mol. The van der Waals surface area contributed by atoms with Crippen LogP contribution < -0.4 is 4.72 Å². The number of benzene rings is 2. The topological polar surface area (TPSA) is 66.4 Å². The lowest BCUT2D eigenvalue weighted by Crippen LogP contribution is -2.19. The van der Waals surface area contributed by atoms with Crippen molar-refractivity contribution in [2.45, 2.75) is 0 Å². The van der Waals surface area contributed by atoms with E-state index in [4.69, 9.17) is 5.11 Å². The van der Waals surface area contributed by atoms with Gasteiger partial charge in [-0.25, -0.2) is 8.42 Å². The van der Waals surface area contributed by atoms with E-state index in [9.17, 15) is 8.42 Å². The minimum atomic E-state index is -3.50. The molecular formula is C12H12BrNO3S. The maximum Gasteiger partial charge on any atom is 0.235 e. The molecule has 0 saturated carbocycles. The summed E-state index contributed by atoms with van der Waals surface area (Å²) >= 11 is 3.42. The van der Waals surface area contributed by atoms with Gasteiger partial charge in [-0.05, 0) is 17.5 Å². The van der Waals surface area contributed by atoms with E-state index >= 15 is 0 Å². The van der Waals surface area contributed by atoms with Crippen LogP contribution in [-0.4, -0.2) is 25.9 Å². The average Bonchev–Trinajstić information content (AvgIpc) is 2.33. The van der Waals surface area contributed by atoms with Crippen molar-refractivity contribution in [2.75, 3.05) is 17.1 Å². The smallest absolute Gasteiger partial charge is 0.235 e. The van der Waals surface area contributed by atoms with Crippen LogP contribution in [0.15, 0.2) is 40.9 Å². The molecule has 4 nitrogen and oxygen atoms in total. The van der Waals surface area contributed by atoms with Crippen LogP contribution >= 0.6 is 15.9 Å². The molecule has 0 aromatic heterocycles. The molecule has 0 aliphatic carbocycles. The number of hydrogen-bond acceptors (Lipinski definition) is 3. The van der Waals surface area contributed by atoms with Crippen molar-refractivity contribution in [1.82, 2.24) is 0 Å². The maximum absolute atomic E-state index is 11.6. The van der Waals surface area contributed by atoms with Crippen molar-refractivity contribution in [1.29, 1.82) is 0 Å². The predicted octanol–water partition coefficient (Wildman–Crippen LogP) is 2.34. The van der Waals surface area contributed by atoms with Gasteiger partial charge in [-0.2, -0.15) is 0 Å². The zero-order valence-electron chi connectivity index (χ0n) is 9.43. The first-order valence-corrected chi connectivity index (χ1v) is 7.76. The Labute approximate surface area is 114 Å². The number of sulfonamides is 1. The van der Waals surface area contributed by atoms with Crippen molar-refractivity contribution in [3.63, 3.8) is 0 Å². The zero-order chi connectivity index (χ0) is 13.2. The Morgan fingerprint density at radius 3 is 2.44 bits per heavy atom. The fourth-order valence-corrected chi connectivity index (χ4v) is 3.02. The molecule has 0 atom stereocenters. The van der Waals surface area contributed by atoms with Crippen molar-refractivity contribution >= 4 is 42.4 Å². The summed E-state index contributed by atoms with van der Waals surface area (Å²) in [5, 5.41) is 10.5. The molecule has 2 rings (SSSR count). The van der Waals surface area contributed by atoms with E-state index in [1.165, 1.54) is 0 Å². The maximum atomic E-state index is 11.6. The first kappa shape index (κ1) is 13.3. The highest BCUT2D eigenvalue weighted by atomic mass is 79.9. The molecule has 96 valence electrons. The van der Waals surface area contributed by atoms with Gasteiger partial charge in [0.15, 0.2) is 0 Å². The normalized spacial score (nSPS) is 11.7. The number of nitrogens with one attached hydrogen (secondary N) is 1. The molecule has 6 heteroatoms. The summed E-state index contributed by atoms with van der Waals surface area (Å²) in [7, 11) is -3.50. The zero-order valence-corrected chi connectivity index (χ0v) is 11.8. The molecule has 0 unspecified atom stereocenters. The monoisotopic (exact) mass is 329 g/mol. The lowest BCUT2D eigenvalue weighted by Gasteiger charge is -2.10. The van der Waals surface area contributed by atoms with E-state index in [1.54, 1.807) is 12.1 Å². The standard InChI is InChI=1S/C12H12BrNO3S/c13-11-5-6-12(14-18(16,17)8-7-15)10-4-2-1-3-9(10)11/h1-6,14-15H,7-8H2. The fraction of sp³-hybridized carbons (Fsp3) is 0.167. The highest BCUT2D eigenvalue weighted by molar-refractivity contribution is 9.10. The third-order valence-electron chi connectivity index (χ3n) is 2.50. The molecule has 0 amide bonds. The molecule has 0 radical (unpaired) electrons. The van der Waals surface area contributed by atoms with Crippen LogP contribution in [-0.2, 0) is 10.0 Å². The molecule has 0 heterocycles. The van der Waals surface area contributed by atoms with Gasteiger partial charge in [-0.15, -0.1) is 0 Å². The number of rotatable bonds is 4. The van der Waals surface area contributed by atoms with E-state index in [0.29, 0.717) is 5.69 Å². The van der Waals surface area contributed by atoms with Gasteiger partial charge in [-0.1, -0.05) is 40.2 Å². The van der Waals surface area contributed by atoms with Crippen LogP contribution in [0.25, 0.3) is 10.8 Å². The lowest BCUT2D eigenvalue weighted by molar-refractivity contribution is 0.320. The highest BCUT2D eigenvalue weighted by Crippen LogP contribution is 2.30. The van der Waals surface area contributed by atoms with Gasteiger partial charge in [-0.3, -0.25) is 4.72 Å². The van der Waals surface area contributed by atoms with Crippen LogP contribution in [0.2, 0.25) is 0 Å². The minimum absolute atomic E-state index is 0.308. The fourth-order valence-electron chi connectivity index (χ4n) is 1.69. The van der Waals surface area contributed by atoms with Crippen LogP contribution in [0.5, 0.6) is 0 Å². The van der Waals surface area contributed by atoms with Gasteiger partial charge < -0.3 is 5.11 Å². The van der Waals surface area contributed by atoms with Gasteiger partial charge in [0.25, 0.3) is 0 Å². The molecule has 0 saturated heterocycles. The van der Waals surface area contributed by atoms with Crippen molar-refractivity contribution in [3.05, 3.63) is 40.9 Å². The molecule has 2 N–H and O–H groups in total. The SMILES string of the molecule is O=S(=O)(CCO)Nc1ccc(Br)c2ccccc12. The number of halogens is 1. The molecule has 2 aromatic carbocycles. The van der Waals surface area contributed by atoms with Crippen molar-refractivity contribution in [3.8, 4) is 0 Å². The third-order valence-corrected chi connectivity index (χ3v) is 4.44. The quantitative estimate of drug-likeness (QED) is 0.904. The molecule has 0 bridgehead atoms. The summed E-state index contributed by atoms with van der Waals surface area (Å²) < 4.78 is 26.7. The summed E-state index contributed by atoms with van der Waals surface area (Å²) in [4.78, 5) is 0. The second-order valence-corrected chi connectivity index (χ2v) is 6.48. The Kier molecular flexibility index (Phi) is 3.89. The number of aliphatic hydroxyl groups excluding tert-OH is 1. The number of anilines is 1. The summed E-state index contributed by atoms with van der Waals surface area (Å²) in [6.45, 7) is -0.399. The predicted molar refractivity (Wildman–Crippen MR) is 76.1 cm³/mol. The van der Waals surface area contributed by atoms with E-state index in [-0.39, 0.29) is 5.75 Å². The second kappa shape index (κ2) is 5.26.